The van der Waals surface area contributed by atoms with E-state index in [4.69, 9.17) is 21.3 Å². The third kappa shape index (κ3) is 3.19. The lowest BCUT2D eigenvalue weighted by molar-refractivity contribution is -0.137. The Bertz CT molecular complexity index is 1250. The average Bonchev–Trinajstić information content (AvgIpc) is 3.32. The molecule has 29 heavy (non-hydrogen) atoms. The van der Waals surface area contributed by atoms with Crippen LogP contribution in [0.1, 0.15) is 23.3 Å². The summed E-state index contributed by atoms with van der Waals surface area (Å²) in [6.07, 6.45) is 4.51. The summed E-state index contributed by atoms with van der Waals surface area (Å²) >= 11 is 9.54. The number of esters is 1. The number of benzene rings is 1. The Balaban J connectivity index is 1.79. The van der Waals surface area contributed by atoms with Crippen molar-refractivity contribution in [3.05, 3.63) is 39.7 Å². The first kappa shape index (κ1) is 18.8. The molecule has 0 radical (unpaired) electrons. The molecule has 0 spiro atoms. The van der Waals surface area contributed by atoms with Gasteiger partial charge in [-0.1, -0.05) is 35.5 Å². The van der Waals surface area contributed by atoms with Crippen LogP contribution in [0.3, 0.4) is 0 Å². The molecular formula is C20H17ClN4O2S2. The summed E-state index contributed by atoms with van der Waals surface area (Å²) in [5.41, 5.74) is 2.93. The molecule has 6 nitrogen and oxygen atoms in total. The van der Waals surface area contributed by atoms with Gasteiger partial charge in [0.1, 0.15) is 4.83 Å². The largest absolute Gasteiger partial charge is 0.468 e. The lowest BCUT2D eigenvalue weighted by Gasteiger charge is -2.12. The van der Waals surface area contributed by atoms with E-state index in [2.05, 4.69) is 10.2 Å². The second-order valence-electron chi connectivity index (χ2n) is 6.81. The number of hydrogen-bond acceptors (Lipinski definition) is 7. The number of carbonyl (C=O) groups is 1. The first-order valence-electron chi connectivity index (χ1n) is 9.31. The van der Waals surface area contributed by atoms with Crippen LogP contribution in [0.25, 0.3) is 27.3 Å². The molecule has 148 valence electrons. The number of carbonyl (C=O) groups excluding carboxylic acids is 1. The Hall–Kier alpha value is -2.16. The number of nitrogens with zero attached hydrogens (tertiary/aromatic N) is 4. The molecule has 0 amide bonds. The van der Waals surface area contributed by atoms with Crippen LogP contribution in [0.2, 0.25) is 5.02 Å². The third-order valence-corrected chi connectivity index (χ3v) is 7.51. The van der Waals surface area contributed by atoms with Crippen LogP contribution in [0.15, 0.2) is 29.4 Å². The van der Waals surface area contributed by atoms with Crippen molar-refractivity contribution in [3.8, 4) is 11.4 Å². The number of aromatic nitrogens is 4. The van der Waals surface area contributed by atoms with E-state index in [1.165, 1.54) is 42.2 Å². The maximum atomic E-state index is 11.7. The van der Waals surface area contributed by atoms with E-state index in [0.29, 0.717) is 16.0 Å². The minimum Gasteiger partial charge on any atom is -0.468 e. The van der Waals surface area contributed by atoms with Gasteiger partial charge < -0.3 is 4.74 Å². The molecule has 0 saturated carbocycles. The first-order chi connectivity index (χ1) is 14.2. The van der Waals surface area contributed by atoms with Crippen LogP contribution in [-0.4, -0.2) is 38.4 Å². The van der Waals surface area contributed by atoms with Crippen LogP contribution < -0.4 is 0 Å². The van der Waals surface area contributed by atoms with E-state index in [1.54, 1.807) is 11.3 Å². The maximum absolute atomic E-state index is 11.7. The Labute approximate surface area is 180 Å². The van der Waals surface area contributed by atoms with Gasteiger partial charge >= 0.3 is 5.97 Å². The molecule has 0 saturated heterocycles. The van der Waals surface area contributed by atoms with Gasteiger partial charge in [-0.05, 0) is 43.4 Å². The highest BCUT2D eigenvalue weighted by Crippen LogP contribution is 2.40. The third-order valence-electron chi connectivity index (χ3n) is 5.09. The van der Waals surface area contributed by atoms with Gasteiger partial charge in [0, 0.05) is 10.4 Å². The highest BCUT2D eigenvalue weighted by Gasteiger charge is 2.25. The number of thioether (sulfide) groups is 1. The molecule has 1 aliphatic carbocycles. The quantitative estimate of drug-likeness (QED) is 0.332. The molecule has 0 N–H and O–H groups in total. The summed E-state index contributed by atoms with van der Waals surface area (Å²) < 4.78 is 6.70. The molecule has 4 aromatic rings. The predicted octanol–water partition coefficient (Wildman–Crippen LogP) is 4.80. The van der Waals surface area contributed by atoms with Gasteiger partial charge in [0.25, 0.3) is 0 Å². The van der Waals surface area contributed by atoms with Gasteiger partial charge in [-0.15, -0.1) is 21.5 Å². The summed E-state index contributed by atoms with van der Waals surface area (Å²) in [5.74, 6) is 0.529. The van der Waals surface area contributed by atoms with Gasteiger partial charge in [-0.3, -0.25) is 9.20 Å². The molecule has 0 unspecified atom stereocenters. The SMILES string of the molecule is COC(=O)CSc1nnc2c3c4c(sc3nc(-c3ccccc3Cl)n12)CCCC4. The number of methoxy groups -OCH3 is 1. The molecule has 3 aromatic heterocycles. The van der Waals surface area contributed by atoms with E-state index < -0.39 is 0 Å². The van der Waals surface area contributed by atoms with Gasteiger partial charge in [0.2, 0.25) is 0 Å². The van der Waals surface area contributed by atoms with Gasteiger partial charge in [0.05, 0.1) is 23.3 Å². The summed E-state index contributed by atoms with van der Waals surface area (Å²) in [6.45, 7) is 0. The van der Waals surface area contributed by atoms with Crippen LogP contribution >= 0.6 is 34.7 Å². The molecule has 3 heterocycles. The number of thiophene rings is 1. The molecule has 1 aliphatic rings. The number of aryl methyl sites for hydroxylation is 2. The van der Waals surface area contributed by atoms with E-state index in [0.717, 1.165) is 34.3 Å². The van der Waals surface area contributed by atoms with Crippen molar-refractivity contribution in [1.82, 2.24) is 19.6 Å². The minimum atomic E-state index is -0.312. The van der Waals surface area contributed by atoms with Crippen LogP contribution in [0, 0.1) is 0 Å². The van der Waals surface area contributed by atoms with E-state index in [1.807, 2.05) is 28.7 Å². The second-order valence-corrected chi connectivity index (χ2v) is 9.25. The first-order valence-corrected chi connectivity index (χ1v) is 11.5. The van der Waals surface area contributed by atoms with Gasteiger partial charge in [0.15, 0.2) is 16.6 Å². The average molecular weight is 445 g/mol. The van der Waals surface area contributed by atoms with Crippen molar-refractivity contribution in [2.24, 2.45) is 0 Å². The fraction of sp³-hybridized carbons (Fsp3) is 0.300. The fourth-order valence-electron chi connectivity index (χ4n) is 3.73. The summed E-state index contributed by atoms with van der Waals surface area (Å²) in [6, 6.07) is 7.62. The second kappa shape index (κ2) is 7.59. The Morgan fingerprint density at radius 3 is 2.93 bits per heavy atom. The normalized spacial score (nSPS) is 13.7. The van der Waals surface area contributed by atoms with Crippen molar-refractivity contribution in [1.29, 1.82) is 0 Å². The molecular weight excluding hydrogens is 428 g/mol. The standard InChI is InChI=1S/C20H17ClN4O2S2/c1-27-15(26)10-28-20-24-23-18-16-12-7-3-5-9-14(12)29-19(16)22-17(25(18)20)11-6-2-4-8-13(11)21/h2,4,6,8H,3,5,7,9-10H2,1H3. The van der Waals surface area contributed by atoms with E-state index >= 15 is 0 Å². The van der Waals surface area contributed by atoms with Crippen LogP contribution in [0.4, 0.5) is 0 Å². The fourth-order valence-corrected chi connectivity index (χ4v) is 5.97. The minimum absolute atomic E-state index is 0.152. The van der Waals surface area contributed by atoms with Crippen molar-refractivity contribution in [2.75, 3.05) is 12.9 Å². The highest BCUT2D eigenvalue weighted by molar-refractivity contribution is 7.99. The molecule has 9 heteroatoms. The lowest BCUT2D eigenvalue weighted by Crippen LogP contribution is -2.05. The van der Waals surface area contributed by atoms with Crippen molar-refractivity contribution in [2.45, 2.75) is 30.8 Å². The zero-order chi connectivity index (χ0) is 20.0. The number of ether oxygens (including phenoxy) is 1. The van der Waals surface area contributed by atoms with Crippen molar-refractivity contribution in [3.63, 3.8) is 0 Å². The monoisotopic (exact) mass is 444 g/mol. The van der Waals surface area contributed by atoms with Crippen molar-refractivity contribution >= 4 is 56.5 Å². The Morgan fingerprint density at radius 1 is 1.28 bits per heavy atom. The smallest absolute Gasteiger partial charge is 0.316 e. The van der Waals surface area contributed by atoms with E-state index in [9.17, 15) is 4.79 Å². The topological polar surface area (TPSA) is 69.4 Å². The Kier molecular flexibility index (Phi) is 4.93. The number of halogens is 1. The Morgan fingerprint density at radius 2 is 2.10 bits per heavy atom. The number of fused-ring (bicyclic) bond motifs is 5. The summed E-state index contributed by atoms with van der Waals surface area (Å²) in [4.78, 5) is 19.0. The van der Waals surface area contributed by atoms with Crippen molar-refractivity contribution < 1.29 is 9.53 Å². The molecule has 5 rings (SSSR count). The number of rotatable bonds is 4. The zero-order valence-corrected chi connectivity index (χ0v) is 18.0. The number of hydrogen-bond donors (Lipinski definition) is 0. The zero-order valence-electron chi connectivity index (χ0n) is 15.6. The van der Waals surface area contributed by atoms with Crippen LogP contribution in [0.5, 0.6) is 0 Å². The molecule has 1 aromatic carbocycles. The maximum Gasteiger partial charge on any atom is 0.316 e. The predicted molar refractivity (Wildman–Crippen MR) is 116 cm³/mol. The molecule has 0 fully saturated rings. The lowest BCUT2D eigenvalue weighted by atomic mass is 9.97. The highest BCUT2D eigenvalue weighted by atomic mass is 35.5. The summed E-state index contributed by atoms with van der Waals surface area (Å²) in [7, 11) is 1.38. The molecule has 0 bridgehead atoms. The van der Waals surface area contributed by atoms with Gasteiger partial charge in [-0.25, -0.2) is 4.98 Å². The summed E-state index contributed by atoms with van der Waals surface area (Å²) in [5, 5.41) is 11.2. The molecule has 0 atom stereocenters. The van der Waals surface area contributed by atoms with Gasteiger partial charge in [-0.2, -0.15) is 0 Å². The molecule has 0 aliphatic heterocycles. The van der Waals surface area contributed by atoms with E-state index in [-0.39, 0.29) is 11.7 Å². The van der Waals surface area contributed by atoms with Crippen LogP contribution in [-0.2, 0) is 22.4 Å².